The van der Waals surface area contributed by atoms with Crippen LogP contribution >= 0.6 is 0 Å². The van der Waals surface area contributed by atoms with Gasteiger partial charge in [0.05, 0.1) is 29.6 Å². The second-order valence-electron chi connectivity index (χ2n) is 3.85. The lowest BCUT2D eigenvalue weighted by Crippen LogP contribution is -1.98. The van der Waals surface area contributed by atoms with Crippen LogP contribution in [0.25, 0.3) is 0 Å². The summed E-state index contributed by atoms with van der Waals surface area (Å²) in [5.41, 5.74) is 0.428. The van der Waals surface area contributed by atoms with E-state index in [2.05, 4.69) is 9.97 Å². The van der Waals surface area contributed by atoms with Crippen molar-refractivity contribution in [3.8, 4) is 11.6 Å². The Hall–Kier alpha value is -1.99. The van der Waals surface area contributed by atoms with Gasteiger partial charge in [-0.05, 0) is 18.2 Å². The van der Waals surface area contributed by atoms with Gasteiger partial charge in [-0.2, -0.15) is 0 Å². The highest BCUT2D eigenvalue weighted by atomic mass is 32.2. The topological polar surface area (TPSA) is 89.4 Å². The molecule has 19 heavy (non-hydrogen) atoms. The molecule has 0 aliphatic carbocycles. The van der Waals surface area contributed by atoms with Crippen molar-refractivity contribution in [3.05, 3.63) is 42.4 Å². The fourth-order valence-corrected chi connectivity index (χ4v) is 2.02. The van der Waals surface area contributed by atoms with E-state index in [1.807, 2.05) is 0 Å². The first-order chi connectivity index (χ1) is 8.99. The van der Waals surface area contributed by atoms with Gasteiger partial charge in [-0.25, -0.2) is 13.4 Å². The molecule has 1 heterocycles. The molecule has 1 aromatic carbocycles. The standard InChI is InChI=1S/C12H12N2O4S/c1-19(16,17)11-4-2-3-10(5-11)18-12-7-13-9(8-15)6-14-12/h2-7,15H,8H2,1H3. The molecule has 0 fully saturated rings. The van der Waals surface area contributed by atoms with Crippen molar-refractivity contribution in [2.75, 3.05) is 6.26 Å². The Bertz CT molecular complexity index is 668. The Kier molecular flexibility index (Phi) is 3.77. The number of aliphatic hydroxyl groups is 1. The monoisotopic (exact) mass is 280 g/mol. The molecular formula is C12H12N2O4S. The number of rotatable bonds is 4. The van der Waals surface area contributed by atoms with E-state index in [1.54, 1.807) is 12.1 Å². The third-order valence-electron chi connectivity index (χ3n) is 2.30. The summed E-state index contributed by atoms with van der Waals surface area (Å²) < 4.78 is 28.2. The Morgan fingerprint density at radius 1 is 1.26 bits per heavy atom. The van der Waals surface area contributed by atoms with Gasteiger partial charge in [0.15, 0.2) is 9.84 Å². The van der Waals surface area contributed by atoms with E-state index in [9.17, 15) is 8.42 Å². The minimum atomic E-state index is -3.28. The summed E-state index contributed by atoms with van der Waals surface area (Å²) in [5, 5.41) is 8.83. The van der Waals surface area contributed by atoms with Crippen molar-refractivity contribution < 1.29 is 18.3 Å². The largest absolute Gasteiger partial charge is 0.437 e. The maximum absolute atomic E-state index is 11.4. The number of benzene rings is 1. The Morgan fingerprint density at radius 2 is 2.05 bits per heavy atom. The molecule has 0 atom stereocenters. The first kappa shape index (κ1) is 13.4. The van der Waals surface area contributed by atoms with Crippen LogP contribution in [0.3, 0.4) is 0 Å². The zero-order valence-corrected chi connectivity index (χ0v) is 11.0. The number of ether oxygens (including phenoxy) is 1. The number of hydrogen-bond donors (Lipinski definition) is 1. The van der Waals surface area contributed by atoms with Crippen LogP contribution in [-0.4, -0.2) is 29.7 Å². The van der Waals surface area contributed by atoms with Gasteiger partial charge >= 0.3 is 0 Å². The molecule has 0 saturated heterocycles. The highest BCUT2D eigenvalue weighted by Crippen LogP contribution is 2.22. The Labute approximate surface area is 110 Å². The average molecular weight is 280 g/mol. The summed E-state index contributed by atoms with van der Waals surface area (Å²) in [5.74, 6) is 0.580. The van der Waals surface area contributed by atoms with Gasteiger partial charge in [0.2, 0.25) is 5.88 Å². The van der Waals surface area contributed by atoms with Gasteiger partial charge in [-0.15, -0.1) is 0 Å². The van der Waals surface area contributed by atoms with Crippen LogP contribution in [0.15, 0.2) is 41.6 Å². The number of nitrogens with zero attached hydrogens (tertiary/aromatic N) is 2. The van der Waals surface area contributed by atoms with E-state index in [1.165, 1.54) is 24.5 Å². The lowest BCUT2D eigenvalue weighted by atomic mass is 10.3. The highest BCUT2D eigenvalue weighted by molar-refractivity contribution is 7.90. The van der Waals surface area contributed by atoms with Crippen molar-refractivity contribution in [1.29, 1.82) is 0 Å². The molecule has 1 N–H and O–H groups in total. The quantitative estimate of drug-likeness (QED) is 0.904. The molecule has 2 rings (SSSR count). The fourth-order valence-electron chi connectivity index (χ4n) is 1.37. The predicted octanol–water partition coefficient (Wildman–Crippen LogP) is 1.16. The van der Waals surface area contributed by atoms with Gasteiger partial charge < -0.3 is 9.84 Å². The molecule has 2 aromatic rings. The van der Waals surface area contributed by atoms with Crippen molar-refractivity contribution in [2.24, 2.45) is 0 Å². The molecule has 0 aliphatic heterocycles. The van der Waals surface area contributed by atoms with Crippen LogP contribution in [0.5, 0.6) is 11.6 Å². The molecule has 100 valence electrons. The summed E-state index contributed by atoms with van der Waals surface area (Å²) in [6.07, 6.45) is 3.87. The summed E-state index contributed by atoms with van der Waals surface area (Å²) in [6.45, 7) is -0.198. The maximum Gasteiger partial charge on any atom is 0.237 e. The molecule has 0 aliphatic rings. The smallest absolute Gasteiger partial charge is 0.237 e. The van der Waals surface area contributed by atoms with Gasteiger partial charge in [0, 0.05) is 6.26 Å². The normalized spacial score (nSPS) is 11.3. The van der Waals surface area contributed by atoms with Crippen molar-refractivity contribution in [2.45, 2.75) is 11.5 Å². The second kappa shape index (κ2) is 5.33. The molecule has 0 unspecified atom stereocenters. The molecule has 1 aromatic heterocycles. The minimum Gasteiger partial charge on any atom is -0.437 e. The number of hydrogen-bond acceptors (Lipinski definition) is 6. The highest BCUT2D eigenvalue weighted by Gasteiger charge is 2.08. The molecular weight excluding hydrogens is 268 g/mol. The van der Waals surface area contributed by atoms with Crippen LogP contribution in [-0.2, 0) is 16.4 Å². The van der Waals surface area contributed by atoms with Gasteiger partial charge in [-0.1, -0.05) is 6.07 Å². The van der Waals surface area contributed by atoms with Crippen LogP contribution in [0.4, 0.5) is 0 Å². The van der Waals surface area contributed by atoms with E-state index < -0.39 is 9.84 Å². The molecule has 7 heteroatoms. The van der Waals surface area contributed by atoms with Gasteiger partial charge in [0.1, 0.15) is 5.75 Å². The summed E-state index contributed by atoms with van der Waals surface area (Å²) >= 11 is 0. The van der Waals surface area contributed by atoms with E-state index >= 15 is 0 Å². The van der Waals surface area contributed by atoms with E-state index in [0.717, 1.165) is 6.26 Å². The minimum absolute atomic E-state index is 0.171. The van der Waals surface area contributed by atoms with E-state index in [-0.39, 0.29) is 17.4 Å². The summed E-state index contributed by atoms with van der Waals surface area (Å²) in [6, 6.07) is 6.11. The predicted molar refractivity (Wildman–Crippen MR) is 67.6 cm³/mol. The Morgan fingerprint density at radius 3 is 2.63 bits per heavy atom. The SMILES string of the molecule is CS(=O)(=O)c1cccc(Oc2cnc(CO)cn2)c1. The average Bonchev–Trinajstić information content (AvgIpc) is 2.39. The van der Waals surface area contributed by atoms with E-state index in [0.29, 0.717) is 11.4 Å². The van der Waals surface area contributed by atoms with Gasteiger partial charge in [0.25, 0.3) is 0 Å². The third kappa shape index (κ3) is 3.49. The molecule has 0 bridgehead atoms. The zero-order valence-electron chi connectivity index (χ0n) is 10.1. The van der Waals surface area contributed by atoms with Crippen LogP contribution < -0.4 is 4.74 Å². The van der Waals surface area contributed by atoms with E-state index in [4.69, 9.17) is 9.84 Å². The van der Waals surface area contributed by atoms with Crippen LogP contribution in [0, 0.1) is 0 Å². The van der Waals surface area contributed by atoms with Crippen LogP contribution in [0.1, 0.15) is 5.69 Å². The molecule has 0 amide bonds. The number of aromatic nitrogens is 2. The lowest BCUT2D eigenvalue weighted by Gasteiger charge is -2.06. The number of sulfone groups is 1. The third-order valence-corrected chi connectivity index (χ3v) is 3.41. The molecule has 0 radical (unpaired) electrons. The molecule has 0 spiro atoms. The lowest BCUT2D eigenvalue weighted by molar-refractivity contribution is 0.276. The molecule has 0 saturated carbocycles. The zero-order chi connectivity index (χ0) is 13.9. The molecule has 6 nitrogen and oxygen atoms in total. The first-order valence-corrected chi connectivity index (χ1v) is 7.28. The van der Waals surface area contributed by atoms with Crippen LogP contribution in [0.2, 0.25) is 0 Å². The second-order valence-corrected chi connectivity index (χ2v) is 5.87. The maximum atomic E-state index is 11.4. The Balaban J connectivity index is 2.23. The number of aliphatic hydroxyl groups excluding tert-OH is 1. The van der Waals surface area contributed by atoms with Crippen molar-refractivity contribution >= 4 is 9.84 Å². The first-order valence-electron chi connectivity index (χ1n) is 5.39. The summed E-state index contributed by atoms with van der Waals surface area (Å²) in [4.78, 5) is 8.02. The summed E-state index contributed by atoms with van der Waals surface area (Å²) in [7, 11) is -3.28. The fraction of sp³-hybridized carbons (Fsp3) is 0.167. The van der Waals surface area contributed by atoms with Crippen molar-refractivity contribution in [1.82, 2.24) is 9.97 Å². The van der Waals surface area contributed by atoms with Gasteiger partial charge in [-0.3, -0.25) is 4.98 Å². The van der Waals surface area contributed by atoms with Crippen molar-refractivity contribution in [3.63, 3.8) is 0 Å².